The number of benzene rings is 2. The number of piperazine rings is 1. The van der Waals surface area contributed by atoms with E-state index >= 15 is 0 Å². The zero-order chi connectivity index (χ0) is 25.1. The first kappa shape index (κ1) is 24.0. The smallest absolute Gasteiger partial charge is 0.223 e. The molecule has 0 spiro atoms. The summed E-state index contributed by atoms with van der Waals surface area (Å²) in [6.07, 6.45) is 3.98. The van der Waals surface area contributed by atoms with Crippen molar-refractivity contribution in [3.8, 4) is 11.5 Å². The van der Waals surface area contributed by atoms with Gasteiger partial charge in [0.25, 0.3) is 0 Å². The van der Waals surface area contributed by atoms with Gasteiger partial charge in [-0.15, -0.1) is 0 Å². The molecule has 0 radical (unpaired) electrons. The largest absolute Gasteiger partial charge is 0.496 e. The van der Waals surface area contributed by atoms with E-state index in [4.69, 9.17) is 21.1 Å². The van der Waals surface area contributed by atoms with Crippen LogP contribution in [0.2, 0.25) is 5.02 Å². The highest BCUT2D eigenvalue weighted by molar-refractivity contribution is 6.30. The predicted molar refractivity (Wildman–Crippen MR) is 141 cm³/mol. The molecule has 1 aliphatic rings. The molecule has 3 heterocycles. The second-order valence-corrected chi connectivity index (χ2v) is 9.23. The van der Waals surface area contributed by atoms with Crippen molar-refractivity contribution in [2.75, 3.05) is 45.3 Å². The number of halogens is 1. The van der Waals surface area contributed by atoms with Crippen molar-refractivity contribution >= 4 is 28.8 Å². The molecule has 0 N–H and O–H groups in total. The van der Waals surface area contributed by atoms with Gasteiger partial charge in [-0.25, -0.2) is 4.98 Å². The average molecular weight is 505 g/mol. The third kappa shape index (κ3) is 4.71. The summed E-state index contributed by atoms with van der Waals surface area (Å²) in [4.78, 5) is 22.4. The van der Waals surface area contributed by atoms with Crippen molar-refractivity contribution in [3.63, 3.8) is 0 Å². The third-order valence-electron chi connectivity index (χ3n) is 6.81. The van der Waals surface area contributed by atoms with Gasteiger partial charge in [-0.1, -0.05) is 41.9 Å². The molecule has 0 bridgehead atoms. The summed E-state index contributed by atoms with van der Waals surface area (Å²) >= 11 is 6.31. The second-order valence-electron chi connectivity index (χ2n) is 8.80. The SMILES string of the molecule is COc1ccccc1C(CC(=O)N1CCN(c2ccccc2OC)CC1)c1cnc2ccc(Cl)cn12. The molecule has 1 aliphatic heterocycles. The van der Waals surface area contributed by atoms with Crippen LogP contribution in [-0.4, -0.2) is 60.6 Å². The molecule has 1 unspecified atom stereocenters. The van der Waals surface area contributed by atoms with E-state index in [0.717, 1.165) is 47.2 Å². The Labute approximate surface area is 215 Å². The number of ether oxygens (including phenoxy) is 2. The second kappa shape index (κ2) is 10.5. The number of pyridine rings is 1. The average Bonchev–Trinajstić information content (AvgIpc) is 3.34. The highest BCUT2D eigenvalue weighted by atomic mass is 35.5. The lowest BCUT2D eigenvalue weighted by molar-refractivity contribution is -0.131. The monoisotopic (exact) mass is 504 g/mol. The lowest BCUT2D eigenvalue weighted by Crippen LogP contribution is -2.49. The number of nitrogens with zero attached hydrogens (tertiary/aromatic N) is 4. The Bertz CT molecular complexity index is 1360. The van der Waals surface area contributed by atoms with Crippen LogP contribution in [0.5, 0.6) is 11.5 Å². The van der Waals surface area contributed by atoms with Crippen molar-refractivity contribution < 1.29 is 14.3 Å². The zero-order valence-corrected chi connectivity index (χ0v) is 21.2. The number of imidazole rings is 1. The Balaban J connectivity index is 1.40. The Morgan fingerprint density at radius 3 is 2.39 bits per heavy atom. The van der Waals surface area contributed by atoms with Gasteiger partial charge in [-0.05, 0) is 30.3 Å². The number of hydrogen-bond acceptors (Lipinski definition) is 5. The summed E-state index contributed by atoms with van der Waals surface area (Å²) in [6.45, 7) is 2.79. The lowest BCUT2D eigenvalue weighted by Gasteiger charge is -2.37. The molecular weight excluding hydrogens is 476 g/mol. The molecule has 5 rings (SSSR count). The van der Waals surface area contributed by atoms with E-state index in [1.165, 1.54) is 0 Å². The number of aromatic nitrogens is 2. The normalized spacial score (nSPS) is 14.6. The molecule has 1 amide bonds. The molecule has 1 atom stereocenters. The fourth-order valence-electron chi connectivity index (χ4n) is 4.95. The van der Waals surface area contributed by atoms with Gasteiger partial charge in [-0.2, -0.15) is 0 Å². The Morgan fingerprint density at radius 2 is 1.64 bits per heavy atom. The molecule has 0 aliphatic carbocycles. The number of carbonyl (C=O) groups excluding carboxylic acids is 1. The van der Waals surface area contributed by atoms with Crippen molar-refractivity contribution in [2.45, 2.75) is 12.3 Å². The van der Waals surface area contributed by atoms with Gasteiger partial charge in [0.1, 0.15) is 17.1 Å². The minimum atomic E-state index is -0.241. The molecule has 2 aromatic carbocycles. The van der Waals surface area contributed by atoms with Gasteiger partial charge in [0.15, 0.2) is 0 Å². The van der Waals surface area contributed by atoms with Gasteiger partial charge in [0.05, 0.1) is 30.6 Å². The van der Waals surface area contributed by atoms with Crippen molar-refractivity contribution in [1.29, 1.82) is 0 Å². The molecule has 1 fully saturated rings. The molecule has 7 nitrogen and oxygen atoms in total. The summed E-state index contributed by atoms with van der Waals surface area (Å²) in [7, 11) is 3.34. The minimum absolute atomic E-state index is 0.0996. The van der Waals surface area contributed by atoms with Crippen LogP contribution in [0, 0.1) is 0 Å². The highest BCUT2D eigenvalue weighted by Crippen LogP contribution is 2.36. The number of anilines is 1. The number of amides is 1. The van der Waals surface area contributed by atoms with Crippen molar-refractivity contribution in [1.82, 2.24) is 14.3 Å². The Kier molecular flexibility index (Phi) is 7.00. The van der Waals surface area contributed by atoms with Crippen LogP contribution in [0.25, 0.3) is 5.65 Å². The van der Waals surface area contributed by atoms with E-state index in [1.54, 1.807) is 14.2 Å². The maximum absolute atomic E-state index is 13.6. The van der Waals surface area contributed by atoms with Crippen LogP contribution in [0.4, 0.5) is 5.69 Å². The van der Waals surface area contributed by atoms with E-state index in [1.807, 2.05) is 76.3 Å². The molecule has 1 saturated heterocycles. The summed E-state index contributed by atoms with van der Waals surface area (Å²) in [6, 6.07) is 19.5. The summed E-state index contributed by atoms with van der Waals surface area (Å²) in [5.41, 5.74) is 3.69. The van der Waals surface area contributed by atoms with Crippen LogP contribution in [0.1, 0.15) is 23.6 Å². The fraction of sp³-hybridized carbons (Fsp3) is 0.286. The van der Waals surface area contributed by atoms with Crippen LogP contribution < -0.4 is 14.4 Å². The molecular formula is C28H29ClN4O3. The van der Waals surface area contributed by atoms with E-state index in [0.29, 0.717) is 24.5 Å². The van der Waals surface area contributed by atoms with Gasteiger partial charge in [0.2, 0.25) is 5.91 Å². The number of rotatable bonds is 7. The molecule has 8 heteroatoms. The minimum Gasteiger partial charge on any atom is -0.496 e. The standard InChI is InChI=1S/C28H29ClN4O3/c1-35-25-9-5-3-7-21(25)22(24-18-30-27-12-11-20(29)19-33(24)27)17-28(34)32-15-13-31(14-16-32)23-8-4-6-10-26(23)36-2/h3-12,18-19,22H,13-17H2,1-2H3. The van der Waals surface area contributed by atoms with E-state index < -0.39 is 0 Å². The maximum atomic E-state index is 13.6. The first-order chi connectivity index (χ1) is 17.6. The maximum Gasteiger partial charge on any atom is 0.223 e. The third-order valence-corrected chi connectivity index (χ3v) is 7.03. The van der Waals surface area contributed by atoms with Crippen LogP contribution in [0.3, 0.4) is 0 Å². The van der Waals surface area contributed by atoms with Crippen LogP contribution >= 0.6 is 11.6 Å². The van der Waals surface area contributed by atoms with Crippen LogP contribution in [0.15, 0.2) is 73.1 Å². The summed E-state index contributed by atoms with van der Waals surface area (Å²) in [5, 5.41) is 0.610. The quantitative estimate of drug-likeness (QED) is 0.359. The predicted octanol–water partition coefficient (Wildman–Crippen LogP) is 4.88. The molecule has 36 heavy (non-hydrogen) atoms. The number of para-hydroxylation sites is 3. The first-order valence-corrected chi connectivity index (χ1v) is 12.4. The lowest BCUT2D eigenvalue weighted by atomic mass is 9.91. The molecule has 186 valence electrons. The summed E-state index contributed by atoms with van der Waals surface area (Å²) in [5.74, 6) is 1.45. The molecule has 0 saturated carbocycles. The topological polar surface area (TPSA) is 59.3 Å². The van der Waals surface area contributed by atoms with Gasteiger partial charge in [-0.3, -0.25) is 4.79 Å². The number of methoxy groups -OCH3 is 2. The van der Waals surface area contributed by atoms with E-state index in [9.17, 15) is 4.79 Å². The summed E-state index contributed by atoms with van der Waals surface area (Å²) < 4.78 is 13.2. The fourth-order valence-corrected chi connectivity index (χ4v) is 5.11. The number of fused-ring (bicyclic) bond motifs is 1. The first-order valence-electron chi connectivity index (χ1n) is 12.0. The van der Waals surface area contributed by atoms with Crippen LogP contribution in [-0.2, 0) is 4.79 Å². The highest BCUT2D eigenvalue weighted by Gasteiger charge is 2.29. The van der Waals surface area contributed by atoms with Crippen molar-refractivity contribution in [2.24, 2.45) is 0 Å². The Hall–Kier alpha value is -3.71. The van der Waals surface area contributed by atoms with E-state index in [2.05, 4.69) is 16.0 Å². The van der Waals surface area contributed by atoms with Gasteiger partial charge >= 0.3 is 0 Å². The van der Waals surface area contributed by atoms with E-state index in [-0.39, 0.29) is 11.8 Å². The van der Waals surface area contributed by atoms with Gasteiger partial charge < -0.3 is 23.7 Å². The van der Waals surface area contributed by atoms with Gasteiger partial charge in [0, 0.05) is 56.5 Å². The Morgan fingerprint density at radius 1 is 0.944 bits per heavy atom. The molecule has 4 aromatic rings. The number of hydrogen-bond donors (Lipinski definition) is 0. The number of carbonyl (C=O) groups is 1. The molecule has 2 aromatic heterocycles. The zero-order valence-electron chi connectivity index (χ0n) is 20.4. The van der Waals surface area contributed by atoms with Crippen molar-refractivity contribution in [3.05, 3.63) is 89.3 Å².